The molecule has 1 aromatic carbocycles. The van der Waals surface area contributed by atoms with Crippen molar-refractivity contribution >= 4 is 50.5 Å². The van der Waals surface area contributed by atoms with Crippen molar-refractivity contribution in [1.82, 2.24) is 10.9 Å². The number of hydrazine groups is 1. The van der Waals surface area contributed by atoms with E-state index < -0.39 is 9.84 Å². The summed E-state index contributed by atoms with van der Waals surface area (Å²) in [5.74, 6) is 0.333. The van der Waals surface area contributed by atoms with Gasteiger partial charge in [-0.05, 0) is 43.1 Å². The first-order valence-corrected chi connectivity index (χ1v) is 11.3. The Morgan fingerprint density at radius 2 is 2.12 bits per heavy atom. The average Bonchev–Trinajstić information content (AvgIpc) is 2.92. The van der Waals surface area contributed by atoms with Crippen LogP contribution < -0.4 is 16.2 Å². The second kappa shape index (κ2) is 8.86. The molecule has 1 aliphatic heterocycles. The molecule has 1 amide bonds. The first-order chi connectivity index (χ1) is 11.8. The Labute approximate surface area is 158 Å². The third-order valence-corrected chi connectivity index (χ3v) is 7.42. The first-order valence-electron chi connectivity index (χ1n) is 8.07. The van der Waals surface area contributed by atoms with Crippen molar-refractivity contribution in [1.29, 1.82) is 0 Å². The molecule has 0 saturated carbocycles. The topological polar surface area (TPSA) is 87.3 Å². The lowest BCUT2D eigenvalue weighted by Gasteiger charge is -2.16. The van der Waals surface area contributed by atoms with Gasteiger partial charge in [0.15, 0.2) is 14.9 Å². The smallest absolute Gasteiger partial charge is 0.248 e. The van der Waals surface area contributed by atoms with Crippen LogP contribution in [-0.4, -0.2) is 41.9 Å². The van der Waals surface area contributed by atoms with Crippen molar-refractivity contribution in [2.75, 3.05) is 22.6 Å². The molecule has 1 saturated heterocycles. The van der Waals surface area contributed by atoms with Crippen LogP contribution in [0.1, 0.15) is 24.5 Å². The molecule has 3 N–H and O–H groups in total. The predicted molar refractivity (Wildman–Crippen MR) is 108 cm³/mol. The second-order valence-electron chi connectivity index (χ2n) is 5.93. The zero-order valence-corrected chi connectivity index (χ0v) is 16.7. The lowest BCUT2D eigenvalue weighted by molar-refractivity contribution is -0.119. The average molecular weight is 402 g/mol. The maximum absolute atomic E-state index is 11.9. The molecule has 6 nitrogen and oxygen atoms in total. The van der Waals surface area contributed by atoms with Crippen LogP contribution in [0.4, 0.5) is 5.69 Å². The number of thioether (sulfide) groups is 1. The monoisotopic (exact) mass is 401 g/mol. The number of aryl methyl sites for hydroxylation is 2. The number of hydrogen-bond acceptors (Lipinski definition) is 5. The van der Waals surface area contributed by atoms with Crippen LogP contribution in [0.25, 0.3) is 0 Å². The molecule has 1 fully saturated rings. The van der Waals surface area contributed by atoms with E-state index in [1.165, 1.54) is 11.8 Å². The fraction of sp³-hybridized carbons (Fsp3) is 0.500. The molecule has 0 aliphatic carbocycles. The number of para-hydroxylation sites is 1. The van der Waals surface area contributed by atoms with Gasteiger partial charge in [0.05, 0.1) is 17.3 Å². The Kier molecular flexibility index (Phi) is 7.09. The normalized spacial score (nSPS) is 18.6. The van der Waals surface area contributed by atoms with Crippen LogP contribution in [0.2, 0.25) is 0 Å². The lowest BCUT2D eigenvalue weighted by Crippen LogP contribution is -2.44. The third-order valence-electron chi connectivity index (χ3n) is 3.93. The molecule has 9 heteroatoms. The fourth-order valence-corrected chi connectivity index (χ4v) is 6.19. The van der Waals surface area contributed by atoms with E-state index in [0.29, 0.717) is 11.5 Å². The van der Waals surface area contributed by atoms with Gasteiger partial charge in [-0.3, -0.25) is 15.6 Å². The van der Waals surface area contributed by atoms with Gasteiger partial charge >= 0.3 is 0 Å². The first kappa shape index (κ1) is 20.0. The van der Waals surface area contributed by atoms with E-state index in [1.807, 2.05) is 25.1 Å². The zero-order chi connectivity index (χ0) is 18.4. The lowest BCUT2D eigenvalue weighted by atomic mass is 10.1. The minimum atomic E-state index is -2.91. The number of carbonyl (C=O) groups is 1. The maximum atomic E-state index is 11.9. The predicted octanol–water partition coefficient (Wildman–Crippen LogP) is 1.80. The highest BCUT2D eigenvalue weighted by Crippen LogP contribution is 2.24. The summed E-state index contributed by atoms with van der Waals surface area (Å²) in [4.78, 5) is 11.9. The van der Waals surface area contributed by atoms with Gasteiger partial charge in [-0.15, -0.1) is 11.8 Å². The third kappa shape index (κ3) is 6.16. The van der Waals surface area contributed by atoms with Crippen molar-refractivity contribution in [3.05, 3.63) is 29.3 Å². The van der Waals surface area contributed by atoms with Crippen molar-refractivity contribution in [3.8, 4) is 0 Å². The van der Waals surface area contributed by atoms with Gasteiger partial charge in [0, 0.05) is 10.9 Å². The van der Waals surface area contributed by atoms with Crippen LogP contribution in [0.3, 0.4) is 0 Å². The summed E-state index contributed by atoms with van der Waals surface area (Å²) >= 11 is 6.58. The van der Waals surface area contributed by atoms with Gasteiger partial charge < -0.3 is 5.32 Å². The van der Waals surface area contributed by atoms with E-state index in [2.05, 4.69) is 23.1 Å². The molecular formula is C16H23N3O3S3. The molecule has 0 unspecified atom stereocenters. The minimum absolute atomic E-state index is 0.0000859. The van der Waals surface area contributed by atoms with Crippen molar-refractivity contribution in [2.24, 2.45) is 0 Å². The summed E-state index contributed by atoms with van der Waals surface area (Å²) in [5, 5.41) is 3.42. The van der Waals surface area contributed by atoms with Crippen LogP contribution >= 0.6 is 24.0 Å². The van der Waals surface area contributed by atoms with Gasteiger partial charge in [-0.25, -0.2) is 8.42 Å². The molecule has 0 spiro atoms. The standard InChI is InChI=1S/C16H23N3O3S3/c1-3-12-6-4-5-11(2)15(12)17-16(23)19-18-14(20)9-24-13-7-8-25(21,22)10-13/h4-6,13H,3,7-10H2,1-2H3,(H,18,20)(H2,17,19,23)/t13-/m0/s1. The van der Waals surface area contributed by atoms with E-state index in [9.17, 15) is 13.2 Å². The summed E-state index contributed by atoms with van der Waals surface area (Å²) in [7, 11) is -2.91. The minimum Gasteiger partial charge on any atom is -0.331 e. The Bertz CT molecular complexity index is 750. The fourth-order valence-electron chi connectivity index (χ4n) is 2.60. The van der Waals surface area contributed by atoms with E-state index in [4.69, 9.17) is 12.2 Å². The summed E-state index contributed by atoms with van der Waals surface area (Å²) in [6.45, 7) is 4.06. The SMILES string of the molecule is CCc1cccc(C)c1NC(=S)NNC(=O)CS[C@H]1CCS(=O)(=O)C1. The molecule has 1 heterocycles. The van der Waals surface area contributed by atoms with Crippen LogP contribution in [0.15, 0.2) is 18.2 Å². The van der Waals surface area contributed by atoms with Crippen molar-refractivity contribution < 1.29 is 13.2 Å². The van der Waals surface area contributed by atoms with Crippen molar-refractivity contribution in [3.63, 3.8) is 0 Å². The second-order valence-corrected chi connectivity index (χ2v) is 9.85. The van der Waals surface area contributed by atoms with E-state index in [-0.39, 0.29) is 28.4 Å². The molecule has 1 atom stereocenters. The largest absolute Gasteiger partial charge is 0.331 e. The van der Waals surface area contributed by atoms with E-state index >= 15 is 0 Å². The van der Waals surface area contributed by atoms with E-state index in [1.54, 1.807) is 0 Å². The number of carbonyl (C=O) groups excluding carboxylic acids is 1. The number of thiocarbonyl (C=S) groups is 1. The van der Waals surface area contributed by atoms with Crippen molar-refractivity contribution in [2.45, 2.75) is 31.9 Å². The molecule has 2 rings (SSSR count). The number of benzene rings is 1. The zero-order valence-electron chi connectivity index (χ0n) is 14.3. The maximum Gasteiger partial charge on any atom is 0.248 e. The summed E-state index contributed by atoms with van der Waals surface area (Å²) in [6.07, 6.45) is 1.49. The highest BCUT2D eigenvalue weighted by molar-refractivity contribution is 8.02. The number of anilines is 1. The Morgan fingerprint density at radius 3 is 2.76 bits per heavy atom. The Morgan fingerprint density at radius 1 is 1.36 bits per heavy atom. The highest BCUT2D eigenvalue weighted by atomic mass is 32.2. The Balaban J connectivity index is 1.76. The summed E-state index contributed by atoms with van der Waals surface area (Å²) in [6, 6.07) is 6.02. The highest BCUT2D eigenvalue weighted by Gasteiger charge is 2.28. The summed E-state index contributed by atoms with van der Waals surface area (Å²) < 4.78 is 22.8. The molecule has 1 aliphatic rings. The molecular weight excluding hydrogens is 378 g/mol. The van der Waals surface area contributed by atoms with Crippen LogP contribution in [-0.2, 0) is 21.1 Å². The molecule has 25 heavy (non-hydrogen) atoms. The van der Waals surface area contributed by atoms with Gasteiger partial charge in [0.25, 0.3) is 0 Å². The quantitative estimate of drug-likeness (QED) is 0.512. The number of hydrogen-bond donors (Lipinski definition) is 3. The van der Waals surface area contributed by atoms with E-state index in [0.717, 1.165) is 23.2 Å². The molecule has 138 valence electrons. The molecule has 0 aromatic heterocycles. The molecule has 0 bridgehead atoms. The molecule has 0 radical (unpaired) electrons. The van der Waals surface area contributed by atoms with Crippen LogP contribution in [0.5, 0.6) is 0 Å². The number of sulfone groups is 1. The van der Waals surface area contributed by atoms with Crippen LogP contribution in [0, 0.1) is 6.92 Å². The molecule has 1 aromatic rings. The summed E-state index contributed by atoms with van der Waals surface area (Å²) in [5.41, 5.74) is 8.40. The number of nitrogens with one attached hydrogen (secondary N) is 3. The van der Waals surface area contributed by atoms with Gasteiger partial charge in [-0.1, -0.05) is 25.1 Å². The number of rotatable bonds is 5. The Hall–Kier alpha value is -1.32. The number of amides is 1. The van der Waals surface area contributed by atoms with Gasteiger partial charge in [0.1, 0.15) is 0 Å². The van der Waals surface area contributed by atoms with Gasteiger partial charge in [0.2, 0.25) is 5.91 Å². The van der Waals surface area contributed by atoms with Gasteiger partial charge in [-0.2, -0.15) is 0 Å².